The summed E-state index contributed by atoms with van der Waals surface area (Å²) in [5.41, 5.74) is 1.13. The molecule has 1 fully saturated rings. The fourth-order valence-corrected chi connectivity index (χ4v) is 4.08. The summed E-state index contributed by atoms with van der Waals surface area (Å²) in [7, 11) is 0. The maximum Gasteiger partial charge on any atom is 0.433 e. The molecule has 1 saturated carbocycles. The minimum atomic E-state index is -4.53. The Morgan fingerprint density at radius 2 is 1.62 bits per heavy atom. The number of rotatable bonds is 4. The average Bonchev–Trinajstić information content (AvgIpc) is 2.75. The van der Waals surface area contributed by atoms with E-state index in [1.54, 1.807) is 12.1 Å². The van der Waals surface area contributed by atoms with Crippen LogP contribution >= 0.6 is 0 Å². The normalized spacial score (nSPS) is 19.0. The van der Waals surface area contributed by atoms with Gasteiger partial charge in [-0.3, -0.25) is 4.79 Å². The molecule has 1 aliphatic carbocycles. The van der Waals surface area contributed by atoms with Crippen LogP contribution in [0.25, 0.3) is 10.9 Å². The van der Waals surface area contributed by atoms with Gasteiger partial charge in [-0.1, -0.05) is 11.6 Å². The highest BCUT2D eigenvalue weighted by atomic mass is 19.4. The minimum absolute atomic E-state index is 0.0128. The van der Waals surface area contributed by atoms with E-state index in [-0.39, 0.29) is 18.0 Å². The summed E-state index contributed by atoms with van der Waals surface area (Å²) in [5.74, 6) is -0.660. The van der Waals surface area contributed by atoms with Gasteiger partial charge in [0.25, 0.3) is 5.91 Å². The smallest absolute Gasteiger partial charge is 0.382 e. The molecule has 4 rings (SSSR count). The molecule has 4 nitrogen and oxygen atoms in total. The summed E-state index contributed by atoms with van der Waals surface area (Å²) in [4.78, 5) is 16.1. The van der Waals surface area contributed by atoms with Gasteiger partial charge in [-0.25, -0.2) is 9.37 Å². The topological polar surface area (TPSA) is 54.0 Å². The first-order valence-electron chi connectivity index (χ1n) is 10.5. The summed E-state index contributed by atoms with van der Waals surface area (Å²) in [5, 5.41) is 6.90. The first-order chi connectivity index (χ1) is 15.2. The zero-order chi connectivity index (χ0) is 22.9. The Balaban J connectivity index is 1.44. The molecule has 1 aliphatic rings. The Morgan fingerprint density at radius 3 is 2.28 bits per heavy atom. The number of carbonyl (C=O) groups is 1. The molecule has 2 N–H and O–H groups in total. The van der Waals surface area contributed by atoms with Gasteiger partial charge in [0.05, 0.1) is 5.52 Å². The number of pyridine rings is 1. The third kappa shape index (κ3) is 5.00. The number of nitrogens with one attached hydrogen (secondary N) is 2. The van der Waals surface area contributed by atoms with Crippen LogP contribution in [-0.2, 0) is 6.18 Å². The van der Waals surface area contributed by atoms with E-state index in [4.69, 9.17) is 0 Å². The van der Waals surface area contributed by atoms with Crippen LogP contribution in [0.4, 0.5) is 23.2 Å². The number of anilines is 1. The van der Waals surface area contributed by atoms with Crippen molar-refractivity contribution in [2.75, 3.05) is 5.32 Å². The van der Waals surface area contributed by atoms with E-state index < -0.39 is 17.7 Å². The number of halogens is 4. The van der Waals surface area contributed by atoms with Crippen molar-refractivity contribution in [1.29, 1.82) is 0 Å². The molecular weight excluding hydrogens is 422 g/mol. The van der Waals surface area contributed by atoms with Gasteiger partial charge >= 0.3 is 6.18 Å². The monoisotopic (exact) mass is 445 g/mol. The van der Waals surface area contributed by atoms with E-state index in [2.05, 4.69) is 15.6 Å². The molecule has 0 aliphatic heterocycles. The van der Waals surface area contributed by atoms with Gasteiger partial charge in [-0.05, 0) is 75.1 Å². The third-order valence-electron chi connectivity index (χ3n) is 5.78. The minimum Gasteiger partial charge on any atom is -0.382 e. The standard InChI is InChI=1S/C24H23F4N3O/c1-14-2-11-20-19(12-14)21(13-22(31-20)24(26,27)28)29-17-7-9-18(10-8-17)30-23(32)15-3-5-16(25)6-4-15/h2-6,11-13,17-18H,7-10H2,1H3,(H,29,31)(H,30,32)/t17-,18+. The molecule has 3 aromatic rings. The largest absolute Gasteiger partial charge is 0.433 e. The molecule has 1 heterocycles. The van der Waals surface area contributed by atoms with Crippen LogP contribution in [0.1, 0.15) is 47.3 Å². The Kier molecular flexibility index (Phi) is 6.04. The molecule has 2 aromatic carbocycles. The second-order valence-electron chi connectivity index (χ2n) is 8.25. The molecule has 1 amide bonds. The molecule has 0 spiro atoms. The van der Waals surface area contributed by atoms with Crippen molar-refractivity contribution >= 4 is 22.5 Å². The van der Waals surface area contributed by atoms with Crippen LogP contribution < -0.4 is 10.6 Å². The predicted molar refractivity (Wildman–Crippen MR) is 115 cm³/mol. The number of aryl methyl sites for hydroxylation is 1. The van der Waals surface area contributed by atoms with Crippen LogP contribution in [-0.4, -0.2) is 23.0 Å². The number of hydrogen-bond donors (Lipinski definition) is 2. The van der Waals surface area contributed by atoms with Gasteiger partial charge in [0.15, 0.2) is 0 Å². The first-order valence-corrected chi connectivity index (χ1v) is 10.5. The lowest BCUT2D eigenvalue weighted by molar-refractivity contribution is -0.140. The van der Waals surface area contributed by atoms with Gasteiger partial charge in [0, 0.05) is 28.7 Å². The van der Waals surface area contributed by atoms with Crippen LogP contribution in [0.3, 0.4) is 0 Å². The van der Waals surface area contributed by atoms with Crippen LogP contribution in [0.15, 0.2) is 48.5 Å². The number of carbonyl (C=O) groups excluding carboxylic acids is 1. The van der Waals surface area contributed by atoms with E-state index in [0.29, 0.717) is 47.8 Å². The fourth-order valence-electron chi connectivity index (χ4n) is 4.08. The van der Waals surface area contributed by atoms with Gasteiger partial charge in [0.2, 0.25) is 0 Å². The lowest BCUT2D eigenvalue weighted by atomic mass is 9.90. The molecule has 32 heavy (non-hydrogen) atoms. The maximum atomic E-state index is 13.3. The zero-order valence-corrected chi connectivity index (χ0v) is 17.5. The summed E-state index contributed by atoms with van der Waals surface area (Å²) >= 11 is 0. The van der Waals surface area contributed by atoms with E-state index >= 15 is 0 Å². The van der Waals surface area contributed by atoms with Crippen LogP contribution in [0.2, 0.25) is 0 Å². The van der Waals surface area contributed by atoms with Gasteiger partial charge in [-0.15, -0.1) is 0 Å². The van der Waals surface area contributed by atoms with Crippen molar-refractivity contribution in [1.82, 2.24) is 10.3 Å². The number of alkyl halides is 3. The molecule has 1 aromatic heterocycles. The Hall–Kier alpha value is -3.16. The van der Waals surface area contributed by atoms with Crippen LogP contribution in [0, 0.1) is 12.7 Å². The number of nitrogens with zero attached hydrogens (tertiary/aromatic N) is 1. The molecule has 0 bridgehead atoms. The molecule has 0 unspecified atom stereocenters. The van der Waals surface area contributed by atoms with E-state index in [1.807, 2.05) is 13.0 Å². The van der Waals surface area contributed by atoms with Crippen molar-refractivity contribution in [2.24, 2.45) is 0 Å². The Labute approximate surface area is 183 Å². The lowest BCUT2D eigenvalue weighted by Gasteiger charge is -2.30. The number of hydrogen-bond acceptors (Lipinski definition) is 3. The Bertz CT molecular complexity index is 1120. The molecular formula is C24H23F4N3O. The molecule has 0 atom stereocenters. The van der Waals surface area contributed by atoms with Gasteiger partial charge in [0.1, 0.15) is 11.5 Å². The molecule has 0 radical (unpaired) electrons. The van der Waals surface area contributed by atoms with Crippen molar-refractivity contribution < 1.29 is 22.4 Å². The summed E-state index contributed by atoms with van der Waals surface area (Å²) in [6.45, 7) is 1.88. The third-order valence-corrected chi connectivity index (χ3v) is 5.78. The number of fused-ring (bicyclic) bond motifs is 1. The van der Waals surface area contributed by atoms with Crippen molar-refractivity contribution in [2.45, 2.75) is 50.9 Å². The average molecular weight is 445 g/mol. The quantitative estimate of drug-likeness (QED) is 0.495. The molecule has 168 valence electrons. The molecule has 8 heteroatoms. The first kappa shape index (κ1) is 22.0. The predicted octanol–water partition coefficient (Wildman–Crippen LogP) is 5.85. The lowest BCUT2D eigenvalue weighted by Crippen LogP contribution is -2.40. The van der Waals surface area contributed by atoms with Gasteiger partial charge in [-0.2, -0.15) is 13.2 Å². The number of aromatic nitrogens is 1. The number of amides is 1. The van der Waals surface area contributed by atoms with E-state index in [9.17, 15) is 22.4 Å². The summed E-state index contributed by atoms with van der Waals surface area (Å²) in [6, 6.07) is 11.6. The fraction of sp³-hybridized carbons (Fsp3) is 0.333. The van der Waals surface area contributed by atoms with Crippen LogP contribution in [0.5, 0.6) is 0 Å². The second kappa shape index (κ2) is 8.76. The highest BCUT2D eigenvalue weighted by Gasteiger charge is 2.34. The summed E-state index contributed by atoms with van der Waals surface area (Å²) < 4.78 is 53.0. The maximum absolute atomic E-state index is 13.3. The molecule has 0 saturated heterocycles. The van der Waals surface area contributed by atoms with Crippen molar-refractivity contribution in [3.8, 4) is 0 Å². The number of benzene rings is 2. The van der Waals surface area contributed by atoms with Crippen molar-refractivity contribution in [3.05, 3.63) is 71.2 Å². The zero-order valence-electron chi connectivity index (χ0n) is 17.5. The van der Waals surface area contributed by atoms with E-state index in [0.717, 1.165) is 11.6 Å². The SMILES string of the molecule is Cc1ccc2nc(C(F)(F)F)cc(N[C@H]3CC[C@@H](NC(=O)c4ccc(F)cc4)CC3)c2c1. The van der Waals surface area contributed by atoms with Crippen molar-refractivity contribution in [3.63, 3.8) is 0 Å². The highest BCUT2D eigenvalue weighted by molar-refractivity contribution is 5.94. The summed E-state index contributed by atoms with van der Waals surface area (Å²) in [6.07, 6.45) is -1.74. The van der Waals surface area contributed by atoms with Gasteiger partial charge < -0.3 is 10.6 Å². The second-order valence-corrected chi connectivity index (χ2v) is 8.25. The Morgan fingerprint density at radius 1 is 0.969 bits per heavy atom. The van der Waals surface area contributed by atoms with E-state index in [1.165, 1.54) is 24.3 Å². The highest BCUT2D eigenvalue weighted by Crippen LogP contribution is 2.34.